The highest BCUT2D eigenvalue weighted by Crippen LogP contribution is 2.37. The predicted octanol–water partition coefficient (Wildman–Crippen LogP) is 10.6. The average Bonchev–Trinajstić information content (AvgIpc) is 4.39. The molecule has 5 heterocycles. The Morgan fingerprint density at radius 3 is 1.47 bits per heavy atom. The number of aliphatic hydroxyl groups is 1. The normalized spacial score (nSPS) is 12.5. The molecule has 1 aliphatic rings. The zero-order valence-electron chi connectivity index (χ0n) is 48.6. The van der Waals surface area contributed by atoms with E-state index in [0.29, 0.717) is 33.6 Å². The average molecular weight is 1100 g/mol. The fourth-order valence-corrected chi connectivity index (χ4v) is 10.7. The van der Waals surface area contributed by atoms with Gasteiger partial charge in [-0.1, -0.05) is 72.8 Å². The lowest BCUT2D eigenvalue weighted by Crippen LogP contribution is -2.82. The van der Waals surface area contributed by atoms with Crippen LogP contribution in [0.15, 0.2) is 182 Å². The molecule has 2 amide bonds. The topological polar surface area (TPSA) is 154 Å². The molecule has 0 saturated heterocycles. The first kappa shape index (κ1) is 55.4. The summed E-state index contributed by atoms with van der Waals surface area (Å²) in [5, 5.41) is 16.0. The van der Waals surface area contributed by atoms with Crippen LogP contribution >= 0.6 is 0 Å². The molecule has 4 aromatic heterocycles. The van der Waals surface area contributed by atoms with E-state index in [1.165, 1.54) is 11.1 Å². The molecule has 13 nitrogen and oxygen atoms in total. The van der Waals surface area contributed by atoms with Gasteiger partial charge in [0.05, 0.1) is 85.9 Å². The highest BCUT2D eigenvalue weighted by Gasteiger charge is 2.19. The van der Waals surface area contributed by atoms with Crippen LogP contribution in [0.1, 0.15) is 54.4 Å². The van der Waals surface area contributed by atoms with Gasteiger partial charge in [-0.2, -0.15) is 4.99 Å². The van der Waals surface area contributed by atoms with Gasteiger partial charge in [-0.25, -0.2) is 15.1 Å². The number of H-pyrrole nitrogens is 1. The number of carbonyl (C=O) groups is 2. The number of nitrogens with zero attached hydrogens (tertiary/aromatic N) is 6. The van der Waals surface area contributed by atoms with Gasteiger partial charge in [0, 0.05) is 68.8 Å². The van der Waals surface area contributed by atoms with Gasteiger partial charge in [-0.3, -0.25) is 4.79 Å². The number of aromatic amines is 1. The minimum absolute atomic E-state index is 0.0606. The fraction of sp³-hybridized carbons (Fsp3) is 0.171. The minimum atomic E-state index is -0.193. The molecule has 8 bridgehead atoms. The number of nitrogens with one attached hydrogen (secondary N) is 3. The molecule has 6 N–H and O–H groups in total. The summed E-state index contributed by atoms with van der Waals surface area (Å²) >= 11 is 0. The molecule has 6 aromatic carbocycles. The molecule has 0 unspecified atom stereocenters. The van der Waals surface area contributed by atoms with Crippen molar-refractivity contribution in [1.82, 2.24) is 19.9 Å². The summed E-state index contributed by atoms with van der Waals surface area (Å²) in [5.41, 5.74) is 18.8. The Kier molecular flexibility index (Phi) is 15.0. The molecule has 416 valence electrons. The fourth-order valence-electron chi connectivity index (χ4n) is 10.7. The van der Waals surface area contributed by atoms with Crippen LogP contribution in [0.2, 0.25) is 0 Å². The number of carbonyl (C=O) groups excluding carboxylic acids is 2. The molecule has 0 saturated carbocycles. The molecule has 13 heteroatoms. The molecule has 0 radical (unpaired) electrons. The van der Waals surface area contributed by atoms with Gasteiger partial charge < -0.3 is 38.8 Å². The summed E-state index contributed by atoms with van der Waals surface area (Å²) < 4.78 is 2.39. The number of aliphatic hydroxyl groups excluding tert-OH is 1. The maximum Gasteiger partial charge on any atom is 0.371 e. The number of benzene rings is 6. The van der Waals surface area contributed by atoms with E-state index >= 15 is 0 Å². The van der Waals surface area contributed by atoms with Crippen molar-refractivity contribution in [3.05, 3.63) is 227 Å². The second-order valence-corrected chi connectivity index (χ2v) is 24.7. The Bertz CT molecular complexity index is 4220. The lowest BCUT2D eigenvalue weighted by atomic mass is 10.0. The van der Waals surface area contributed by atoms with Gasteiger partial charge in [0.2, 0.25) is 5.69 Å². The molecule has 1 aliphatic heterocycles. The van der Waals surface area contributed by atoms with Crippen LogP contribution in [0.4, 0.5) is 17.1 Å². The molecule has 0 spiro atoms. The molecule has 11 rings (SSSR count). The first-order valence-electron chi connectivity index (χ1n) is 27.9. The summed E-state index contributed by atoms with van der Waals surface area (Å²) in [4.78, 5) is 50.2. The number of rotatable bonds is 15. The maximum absolute atomic E-state index is 13.6. The third-order valence-electron chi connectivity index (χ3n) is 14.4. The van der Waals surface area contributed by atoms with Crippen LogP contribution in [0.5, 0.6) is 0 Å². The summed E-state index contributed by atoms with van der Waals surface area (Å²) in [6, 6.07) is 59.6. The summed E-state index contributed by atoms with van der Waals surface area (Å²) in [6.45, 7) is 2.60. The van der Waals surface area contributed by atoms with E-state index in [4.69, 9.17) is 15.0 Å². The second-order valence-electron chi connectivity index (χ2n) is 24.7. The predicted molar refractivity (Wildman–Crippen MR) is 335 cm³/mol. The highest BCUT2D eigenvalue weighted by atomic mass is 16.3. The lowest BCUT2D eigenvalue weighted by molar-refractivity contribution is -0.884. The van der Waals surface area contributed by atoms with Gasteiger partial charge >= 0.3 is 11.8 Å². The largest absolute Gasteiger partial charge is 0.657 e. The molecule has 0 atom stereocenters. The maximum atomic E-state index is 13.6. The molecule has 83 heavy (non-hydrogen) atoms. The van der Waals surface area contributed by atoms with Crippen LogP contribution in [-0.4, -0.2) is 110 Å². The minimum Gasteiger partial charge on any atom is -0.657 e. The SMILES string of the molecule is C[N+](C)(C)Cc1ccc(C(=O)Nc2ccc(-c3c4nc(c(-c5ccc([NH2+]C(=O)c6ccc(C[N+](C)(C)C)cc6)cc5)c5ccc([nH]5)c5ccc([n-]5)c(-c5ccc([NH+]=C(O)c6ccc(C[N+](C)(C)C)cc6)cc5)c5ccc3[n-]5)C=C4)cc2)cc1. The number of hydrogen-bond acceptors (Lipinski definition) is 3. The summed E-state index contributed by atoms with van der Waals surface area (Å²) in [5.74, 6) is -0.193. The quantitative estimate of drug-likeness (QED) is 0.0298. The van der Waals surface area contributed by atoms with Gasteiger partial charge in [0.15, 0.2) is 0 Å². The first-order chi connectivity index (χ1) is 39.6. The van der Waals surface area contributed by atoms with Crippen LogP contribution in [-0.2, 0) is 19.6 Å². The zero-order valence-corrected chi connectivity index (χ0v) is 48.6. The monoisotopic (exact) mass is 1100 g/mol. The summed E-state index contributed by atoms with van der Waals surface area (Å²) in [7, 11) is 19.4. The van der Waals surface area contributed by atoms with Crippen LogP contribution in [0.3, 0.4) is 0 Å². The number of hydrogen-bond donors (Lipinski definition) is 5. The Morgan fingerprint density at radius 1 is 0.482 bits per heavy atom. The lowest BCUT2D eigenvalue weighted by Gasteiger charge is -2.23. The van der Waals surface area contributed by atoms with Crippen molar-refractivity contribution in [2.45, 2.75) is 19.6 Å². The number of primary amides is 1. The zero-order chi connectivity index (χ0) is 58.2. The van der Waals surface area contributed by atoms with E-state index in [1.807, 2.05) is 176 Å². The Hall–Kier alpha value is -9.50. The molecule has 0 fully saturated rings. The van der Waals surface area contributed by atoms with Gasteiger partial charge in [-0.15, -0.1) is 22.1 Å². The van der Waals surface area contributed by atoms with Crippen LogP contribution in [0, 0.1) is 0 Å². The van der Waals surface area contributed by atoms with Gasteiger partial charge in [-0.05, 0) is 125 Å². The van der Waals surface area contributed by atoms with E-state index in [1.54, 1.807) is 5.32 Å². The highest BCUT2D eigenvalue weighted by molar-refractivity contribution is 6.05. The molecular formula is C70H71N10O3+3. The first-order valence-corrected chi connectivity index (χ1v) is 27.9. The number of anilines is 1. The number of nitrogens with two attached hydrogens (primary N) is 1. The van der Waals surface area contributed by atoms with E-state index in [0.717, 1.165) is 117 Å². The van der Waals surface area contributed by atoms with Crippen molar-refractivity contribution < 1.29 is 38.5 Å². The van der Waals surface area contributed by atoms with Crippen molar-refractivity contribution in [1.29, 1.82) is 0 Å². The Labute approximate surface area is 484 Å². The standard InChI is InChI=1S/C70H68N10O3/c1-78(2,3)42-45-10-16-51(17-11-45)68(81)71-54-28-22-48(23-29-54)65-59-36-34-57(74-59)58-35-37-60(75-58)66(49-24-30-55(31-25-49)72-69(82)52-18-12-46(13-19-52)43-79(4,5)6)62-39-41-64(77-62)67(63-40-38-61(65)76-63)50-26-32-56(33-27-50)73-70(83)53-20-14-47(15-21-53)44-80(7,8)9/h10-41H,42-44H2,1-9H3,(H3-3,71,72,73,74,75,76,77,81,82,83)/p+3. The molecule has 10 aromatic rings. The second kappa shape index (κ2) is 22.4. The third-order valence-corrected chi connectivity index (χ3v) is 14.4. The molecule has 0 aliphatic carbocycles. The number of amides is 2. The number of quaternary nitrogens is 4. The third kappa shape index (κ3) is 13.2. The number of aromatic nitrogens is 4. The van der Waals surface area contributed by atoms with Crippen molar-refractivity contribution in [3.8, 4) is 33.4 Å². The van der Waals surface area contributed by atoms with E-state index in [-0.39, 0.29) is 17.7 Å². The van der Waals surface area contributed by atoms with E-state index < -0.39 is 0 Å². The van der Waals surface area contributed by atoms with Crippen LogP contribution < -0.4 is 25.6 Å². The molecular weight excluding hydrogens is 1030 g/mol. The van der Waals surface area contributed by atoms with Gasteiger partial charge in [0.25, 0.3) is 5.91 Å². The van der Waals surface area contributed by atoms with E-state index in [2.05, 4.69) is 96.9 Å². The van der Waals surface area contributed by atoms with Crippen molar-refractivity contribution in [2.75, 3.05) is 68.7 Å². The summed E-state index contributed by atoms with van der Waals surface area (Å²) in [6.07, 6.45) is 4.07. The van der Waals surface area contributed by atoms with E-state index in [9.17, 15) is 14.7 Å². The Balaban J connectivity index is 0.996. The number of fused-ring (bicyclic) bond motifs is 9. The van der Waals surface area contributed by atoms with Crippen molar-refractivity contribution >= 4 is 80.0 Å². The van der Waals surface area contributed by atoms with Crippen molar-refractivity contribution in [3.63, 3.8) is 0 Å². The Morgan fingerprint density at radius 2 is 0.916 bits per heavy atom. The van der Waals surface area contributed by atoms with Crippen molar-refractivity contribution in [2.24, 2.45) is 0 Å². The smallest absolute Gasteiger partial charge is 0.371 e. The van der Waals surface area contributed by atoms with Gasteiger partial charge in [0.1, 0.15) is 25.3 Å². The van der Waals surface area contributed by atoms with Crippen LogP contribution in [0.25, 0.3) is 78.6 Å².